The molecule has 2 aromatic rings. The Hall–Kier alpha value is -2.03. The van der Waals surface area contributed by atoms with Crippen LogP contribution in [0, 0.1) is 0 Å². The normalized spacial score (nSPS) is 11.4. The number of nitrogens with one attached hydrogen (secondary N) is 2. The monoisotopic (exact) mass is 348 g/mol. The van der Waals surface area contributed by atoms with Crippen molar-refractivity contribution in [2.24, 2.45) is 0 Å². The Labute approximate surface area is 119 Å². The highest BCUT2D eigenvalue weighted by Gasteiger charge is 2.34. The zero-order valence-electron chi connectivity index (χ0n) is 9.75. The van der Waals surface area contributed by atoms with Crippen molar-refractivity contribution in [1.82, 2.24) is 10.2 Å². The number of amides is 1. The summed E-state index contributed by atoms with van der Waals surface area (Å²) in [5.74, 6) is -0.798. The van der Waals surface area contributed by atoms with Crippen molar-refractivity contribution in [3.05, 3.63) is 40.1 Å². The van der Waals surface area contributed by atoms with Gasteiger partial charge in [0.1, 0.15) is 5.69 Å². The highest BCUT2D eigenvalue weighted by Crippen LogP contribution is 2.36. The largest absolute Gasteiger partial charge is 0.418 e. The third-order valence-corrected chi connectivity index (χ3v) is 2.92. The molecule has 0 fully saturated rings. The van der Waals surface area contributed by atoms with Gasteiger partial charge in [0.2, 0.25) is 0 Å². The van der Waals surface area contributed by atoms with Gasteiger partial charge < -0.3 is 11.1 Å². The summed E-state index contributed by atoms with van der Waals surface area (Å²) in [6.45, 7) is 0. The molecule has 20 heavy (non-hydrogen) atoms. The fourth-order valence-corrected chi connectivity index (χ4v) is 1.88. The SMILES string of the molecule is Nc1cn[nH]c1C(=O)Nc1ccc(Br)cc1C(F)(F)F. The molecule has 0 radical (unpaired) electrons. The number of hydrogen-bond donors (Lipinski definition) is 3. The van der Waals surface area contributed by atoms with Crippen molar-refractivity contribution >= 4 is 33.2 Å². The number of nitrogens with two attached hydrogens (primary N) is 1. The van der Waals surface area contributed by atoms with Crippen LogP contribution in [-0.4, -0.2) is 16.1 Å². The van der Waals surface area contributed by atoms with Crippen LogP contribution in [0.2, 0.25) is 0 Å². The number of hydrogen-bond acceptors (Lipinski definition) is 3. The molecule has 1 amide bonds. The van der Waals surface area contributed by atoms with Crippen LogP contribution in [-0.2, 0) is 6.18 Å². The molecule has 1 aromatic heterocycles. The number of aromatic nitrogens is 2. The van der Waals surface area contributed by atoms with Crippen molar-refractivity contribution < 1.29 is 18.0 Å². The van der Waals surface area contributed by atoms with Crippen molar-refractivity contribution in [3.63, 3.8) is 0 Å². The van der Waals surface area contributed by atoms with Crippen LogP contribution >= 0.6 is 15.9 Å². The summed E-state index contributed by atoms with van der Waals surface area (Å²) in [6, 6.07) is 3.42. The number of rotatable bonds is 2. The molecular formula is C11H8BrF3N4O. The highest BCUT2D eigenvalue weighted by molar-refractivity contribution is 9.10. The van der Waals surface area contributed by atoms with E-state index in [0.717, 1.165) is 12.1 Å². The summed E-state index contributed by atoms with van der Waals surface area (Å²) < 4.78 is 38.9. The first-order valence-electron chi connectivity index (χ1n) is 5.26. The molecule has 5 nitrogen and oxygen atoms in total. The number of alkyl halides is 3. The fraction of sp³-hybridized carbons (Fsp3) is 0.0909. The second-order valence-corrected chi connectivity index (χ2v) is 4.76. The Bertz CT molecular complexity index is 653. The van der Waals surface area contributed by atoms with Crippen molar-refractivity contribution in [2.75, 3.05) is 11.1 Å². The number of nitrogens with zero attached hydrogens (tertiary/aromatic N) is 1. The summed E-state index contributed by atoms with van der Waals surface area (Å²) in [5.41, 5.74) is 4.09. The van der Waals surface area contributed by atoms with Gasteiger partial charge in [-0.3, -0.25) is 9.89 Å². The van der Waals surface area contributed by atoms with Gasteiger partial charge in [-0.25, -0.2) is 0 Å². The van der Waals surface area contributed by atoms with E-state index in [9.17, 15) is 18.0 Å². The predicted octanol–water partition coefficient (Wildman–Crippen LogP) is 3.03. The standard InChI is InChI=1S/C11H8BrF3N4O/c12-5-1-2-8(6(3-5)11(13,14)15)18-10(20)9-7(16)4-17-19-9/h1-4H,16H2,(H,17,19)(H,18,20). The summed E-state index contributed by atoms with van der Waals surface area (Å²) in [4.78, 5) is 11.8. The van der Waals surface area contributed by atoms with Crippen LogP contribution in [0.4, 0.5) is 24.5 Å². The third-order valence-electron chi connectivity index (χ3n) is 2.43. The van der Waals surface area contributed by atoms with Crippen molar-refractivity contribution in [2.45, 2.75) is 6.18 Å². The van der Waals surface area contributed by atoms with Crippen LogP contribution in [0.1, 0.15) is 16.1 Å². The molecule has 0 bridgehead atoms. The van der Waals surface area contributed by atoms with Gasteiger partial charge in [0.25, 0.3) is 5.91 Å². The predicted molar refractivity (Wildman–Crippen MR) is 70.1 cm³/mol. The van der Waals surface area contributed by atoms with Gasteiger partial charge in [-0.15, -0.1) is 0 Å². The van der Waals surface area contributed by atoms with E-state index in [2.05, 4.69) is 31.4 Å². The number of H-pyrrole nitrogens is 1. The van der Waals surface area contributed by atoms with E-state index in [0.29, 0.717) is 0 Å². The average molecular weight is 349 g/mol. The average Bonchev–Trinajstić information content (AvgIpc) is 2.76. The first kappa shape index (κ1) is 14.4. The topological polar surface area (TPSA) is 83.8 Å². The van der Waals surface area contributed by atoms with Crippen LogP contribution < -0.4 is 11.1 Å². The van der Waals surface area contributed by atoms with Crippen molar-refractivity contribution in [3.8, 4) is 0 Å². The van der Waals surface area contributed by atoms with Crippen LogP contribution in [0.25, 0.3) is 0 Å². The third kappa shape index (κ3) is 2.93. The molecule has 0 saturated heterocycles. The Morgan fingerprint density at radius 3 is 2.65 bits per heavy atom. The molecule has 0 aliphatic rings. The van der Waals surface area contributed by atoms with E-state index in [-0.39, 0.29) is 21.5 Å². The van der Waals surface area contributed by atoms with Gasteiger partial charge in [-0.1, -0.05) is 15.9 Å². The Kier molecular flexibility index (Phi) is 3.71. The van der Waals surface area contributed by atoms with E-state index < -0.39 is 17.6 Å². The molecular weight excluding hydrogens is 341 g/mol. The van der Waals surface area contributed by atoms with E-state index in [1.807, 2.05) is 0 Å². The Morgan fingerprint density at radius 1 is 1.40 bits per heavy atom. The van der Waals surface area contributed by atoms with E-state index >= 15 is 0 Å². The van der Waals surface area contributed by atoms with Crippen LogP contribution in [0.3, 0.4) is 0 Å². The van der Waals surface area contributed by atoms with Crippen molar-refractivity contribution in [1.29, 1.82) is 0 Å². The second kappa shape index (κ2) is 5.16. The van der Waals surface area contributed by atoms with Gasteiger partial charge in [0.15, 0.2) is 0 Å². The lowest BCUT2D eigenvalue weighted by Gasteiger charge is -2.14. The van der Waals surface area contributed by atoms with E-state index in [4.69, 9.17) is 5.73 Å². The molecule has 2 rings (SSSR count). The zero-order valence-corrected chi connectivity index (χ0v) is 11.3. The van der Waals surface area contributed by atoms with E-state index in [1.165, 1.54) is 12.3 Å². The molecule has 1 heterocycles. The molecule has 0 aliphatic heterocycles. The molecule has 0 aliphatic carbocycles. The highest BCUT2D eigenvalue weighted by atomic mass is 79.9. The zero-order chi connectivity index (χ0) is 14.9. The smallest absolute Gasteiger partial charge is 0.396 e. The fourth-order valence-electron chi connectivity index (χ4n) is 1.52. The summed E-state index contributed by atoms with van der Waals surface area (Å²) >= 11 is 2.96. The maximum Gasteiger partial charge on any atom is 0.418 e. The van der Waals surface area contributed by atoms with Crippen LogP contribution in [0.15, 0.2) is 28.9 Å². The lowest BCUT2D eigenvalue weighted by molar-refractivity contribution is -0.136. The minimum absolute atomic E-state index is 0.0492. The quantitative estimate of drug-likeness (QED) is 0.779. The van der Waals surface area contributed by atoms with Gasteiger partial charge in [-0.2, -0.15) is 18.3 Å². The number of carbonyl (C=O) groups excluding carboxylic acids is 1. The Balaban J connectivity index is 2.35. The van der Waals surface area contributed by atoms with E-state index in [1.54, 1.807) is 0 Å². The number of benzene rings is 1. The minimum Gasteiger partial charge on any atom is -0.396 e. The molecule has 9 heteroatoms. The summed E-state index contributed by atoms with van der Waals surface area (Å²) in [6.07, 6.45) is -3.40. The molecule has 0 saturated carbocycles. The number of halogens is 4. The maximum absolute atomic E-state index is 12.9. The van der Waals surface area contributed by atoms with Gasteiger partial charge in [0, 0.05) is 4.47 Å². The maximum atomic E-state index is 12.9. The number of aromatic amines is 1. The summed E-state index contributed by atoms with van der Waals surface area (Å²) in [7, 11) is 0. The first-order chi connectivity index (χ1) is 9.29. The number of nitrogen functional groups attached to an aromatic ring is 1. The molecule has 0 unspecified atom stereocenters. The van der Waals surface area contributed by atoms with Crippen LogP contribution in [0.5, 0.6) is 0 Å². The molecule has 1 aromatic carbocycles. The first-order valence-corrected chi connectivity index (χ1v) is 6.05. The summed E-state index contributed by atoms with van der Waals surface area (Å²) in [5, 5.41) is 8.00. The molecule has 106 valence electrons. The number of carbonyl (C=O) groups is 1. The van der Waals surface area contributed by atoms with Gasteiger partial charge in [-0.05, 0) is 18.2 Å². The van der Waals surface area contributed by atoms with Gasteiger partial charge >= 0.3 is 6.18 Å². The number of anilines is 2. The minimum atomic E-state index is -4.59. The lowest BCUT2D eigenvalue weighted by atomic mass is 10.1. The molecule has 0 atom stereocenters. The second-order valence-electron chi connectivity index (χ2n) is 3.84. The Morgan fingerprint density at radius 2 is 2.10 bits per heavy atom. The lowest BCUT2D eigenvalue weighted by Crippen LogP contribution is -2.18. The van der Waals surface area contributed by atoms with Gasteiger partial charge in [0.05, 0.1) is 23.1 Å². The molecule has 4 N–H and O–H groups in total. The molecule has 0 spiro atoms.